The van der Waals surface area contributed by atoms with Gasteiger partial charge >= 0.3 is 115 Å². The summed E-state index contributed by atoms with van der Waals surface area (Å²) in [5.41, 5.74) is 25.7. The molecule has 0 spiro atoms. The maximum Gasteiger partial charge on any atom is 1.00 e. The molecule has 0 saturated carbocycles. The zero-order valence-electron chi connectivity index (χ0n) is 19.3. The normalized spacial score (nSPS) is 12.7. The van der Waals surface area contributed by atoms with E-state index in [0.717, 1.165) is 12.8 Å². The number of carbonyl (C=O) groups is 4. The van der Waals surface area contributed by atoms with Gasteiger partial charge in [0.1, 0.15) is 24.3 Å². The average Bonchev–Trinajstić information content (AvgIpc) is 2.70. The number of unbranched alkanes of at least 4 members (excludes halogenated alkanes) is 1. The number of aliphatic hydroxyl groups excluding tert-OH is 2. The van der Waals surface area contributed by atoms with Gasteiger partial charge in [0.05, 0.1) is 11.9 Å². The fraction of sp³-hybridized carbons (Fsp3) is 0.688. The third-order valence-corrected chi connectivity index (χ3v) is 3.35. The molecule has 0 aromatic carbocycles. The molecule has 0 saturated heterocycles. The van der Waals surface area contributed by atoms with Crippen molar-refractivity contribution in [2.24, 2.45) is 33.7 Å². The standard InChI is InChI=1S/C6H14N4O2.C6H14N2O2.C4H6O6.2K/c7-4(5(11)12)2-1-3-10-6(8)9;7-4-2-1-3-5(8)6(9)10;5-1(3(7)8)2(6)4(9)10;;/h4H,1-3,7H2,(H,11,12)(H4,8,9,10);5H,1-4,7-8H2,(H,9,10);1-2,5-6H,(H,7,8)(H,9,10);;/q;;;2*+1/p-2/t4-;5-;;;/m00.../s1. The van der Waals surface area contributed by atoms with E-state index in [1.807, 2.05) is 0 Å². The van der Waals surface area contributed by atoms with Crippen LogP contribution in [-0.2, 0) is 19.2 Å². The number of aliphatic hydroxyl groups is 2. The van der Waals surface area contributed by atoms with Gasteiger partial charge in [-0.3, -0.25) is 14.6 Å². The molecule has 0 aromatic rings. The van der Waals surface area contributed by atoms with Crippen LogP contribution < -0.4 is 142 Å². The minimum Gasteiger partial charge on any atom is -0.547 e. The number of carbonyl (C=O) groups excluding carboxylic acids is 2. The van der Waals surface area contributed by atoms with Crippen molar-refractivity contribution in [2.45, 2.75) is 56.4 Å². The first-order valence-corrected chi connectivity index (χ1v) is 9.18. The summed E-state index contributed by atoms with van der Waals surface area (Å²) >= 11 is 0. The third-order valence-electron chi connectivity index (χ3n) is 3.35. The minimum absolute atomic E-state index is 0. The van der Waals surface area contributed by atoms with Crippen molar-refractivity contribution in [3.8, 4) is 0 Å². The number of guanidine groups is 1. The van der Waals surface area contributed by atoms with E-state index in [4.69, 9.17) is 49.1 Å². The van der Waals surface area contributed by atoms with Crippen LogP contribution in [0.1, 0.15) is 32.1 Å². The van der Waals surface area contributed by atoms with Gasteiger partial charge in [-0.05, 0) is 32.2 Å². The monoisotopic (exact) mass is 546 g/mol. The van der Waals surface area contributed by atoms with E-state index in [2.05, 4.69) is 4.99 Å². The molecule has 188 valence electrons. The Morgan fingerprint density at radius 1 is 0.765 bits per heavy atom. The van der Waals surface area contributed by atoms with E-state index < -0.39 is 48.2 Å². The van der Waals surface area contributed by atoms with Crippen molar-refractivity contribution in [1.82, 2.24) is 0 Å². The summed E-state index contributed by atoms with van der Waals surface area (Å²) in [6.45, 7) is 1.02. The number of carboxylic acids is 4. The molecule has 0 aliphatic carbocycles. The number of rotatable bonds is 13. The first kappa shape index (κ1) is 44.2. The second kappa shape index (κ2) is 27.8. The SMILES string of the molecule is NC(N)=NCCC[C@H](N)C(=O)O.NCCCC[C@H](N)C(=O)O.O=C([O-])C(O)C(O)C(=O)[O-].[K+].[K+]. The second-order valence-corrected chi connectivity index (χ2v) is 6.15. The van der Waals surface area contributed by atoms with Crippen molar-refractivity contribution >= 4 is 29.8 Å². The van der Waals surface area contributed by atoms with Crippen molar-refractivity contribution in [3.05, 3.63) is 0 Å². The van der Waals surface area contributed by atoms with Crippen molar-refractivity contribution in [3.63, 3.8) is 0 Å². The zero-order chi connectivity index (χ0) is 25.9. The molecule has 0 aliphatic heterocycles. The summed E-state index contributed by atoms with van der Waals surface area (Å²) in [6, 6.07) is -1.54. The summed E-state index contributed by atoms with van der Waals surface area (Å²) in [5.74, 6) is -6.04. The molecule has 0 heterocycles. The molecule has 34 heavy (non-hydrogen) atoms. The molecule has 2 unspecified atom stereocenters. The van der Waals surface area contributed by atoms with Gasteiger partial charge < -0.3 is 68.9 Å². The number of nitrogens with zero attached hydrogens (tertiary/aromatic N) is 1. The summed E-state index contributed by atoms with van der Waals surface area (Å²) < 4.78 is 0. The molecule has 14 N–H and O–H groups in total. The van der Waals surface area contributed by atoms with Gasteiger partial charge in [0, 0.05) is 6.54 Å². The van der Waals surface area contributed by atoms with Crippen molar-refractivity contribution in [1.29, 1.82) is 0 Å². The maximum atomic E-state index is 10.2. The molecule has 16 nitrogen and oxygen atoms in total. The predicted octanol–water partition coefficient (Wildman–Crippen LogP) is -12.8. The quantitative estimate of drug-likeness (QED) is 0.0448. The van der Waals surface area contributed by atoms with Gasteiger partial charge in [0.2, 0.25) is 0 Å². The van der Waals surface area contributed by atoms with Gasteiger partial charge in [0.25, 0.3) is 0 Å². The molecule has 0 fully saturated rings. The van der Waals surface area contributed by atoms with E-state index >= 15 is 0 Å². The smallest absolute Gasteiger partial charge is 0.547 e. The molecular weight excluding hydrogens is 514 g/mol. The molecule has 4 atom stereocenters. The van der Waals surface area contributed by atoms with Crippen LogP contribution in [0.5, 0.6) is 0 Å². The summed E-state index contributed by atoms with van der Waals surface area (Å²) in [6.07, 6.45) is -1.76. The fourth-order valence-electron chi connectivity index (χ4n) is 1.53. The number of aliphatic imine (C=N–C) groups is 1. The summed E-state index contributed by atoms with van der Waals surface area (Å²) in [4.78, 5) is 43.3. The Labute approximate surface area is 281 Å². The van der Waals surface area contributed by atoms with Crippen LogP contribution >= 0.6 is 0 Å². The average molecular weight is 547 g/mol. The van der Waals surface area contributed by atoms with Crippen molar-refractivity contribution < 1.29 is 153 Å². The molecule has 0 bridgehead atoms. The minimum atomic E-state index is -2.44. The molecule has 0 aliphatic rings. The van der Waals surface area contributed by atoms with Crippen LogP contribution in [0.2, 0.25) is 0 Å². The Hall–Kier alpha value is 0.223. The van der Waals surface area contributed by atoms with E-state index in [0.29, 0.717) is 32.4 Å². The number of nitrogens with two attached hydrogens (primary N) is 5. The number of carboxylic acid groups (broad SMARTS) is 4. The third kappa shape index (κ3) is 30.3. The Balaban J connectivity index is -0.000000121. The van der Waals surface area contributed by atoms with Crippen molar-refractivity contribution in [2.75, 3.05) is 13.1 Å². The van der Waals surface area contributed by atoms with E-state index in [1.54, 1.807) is 0 Å². The van der Waals surface area contributed by atoms with E-state index in [9.17, 15) is 29.4 Å². The van der Waals surface area contributed by atoms with Crippen LogP contribution in [0.4, 0.5) is 0 Å². The topological polar surface area (TPSA) is 338 Å². The molecule has 0 amide bonds. The first-order valence-electron chi connectivity index (χ1n) is 9.18. The largest absolute Gasteiger partial charge is 1.00 e. The van der Waals surface area contributed by atoms with Crippen LogP contribution in [0.3, 0.4) is 0 Å². The molecule has 0 rings (SSSR count). The Morgan fingerprint density at radius 3 is 1.38 bits per heavy atom. The maximum absolute atomic E-state index is 10.2. The van der Waals surface area contributed by atoms with Crippen LogP contribution in [0.25, 0.3) is 0 Å². The molecule has 18 heteroatoms. The van der Waals surface area contributed by atoms with Gasteiger partial charge in [-0.1, -0.05) is 6.42 Å². The molecule has 0 radical (unpaired) electrons. The van der Waals surface area contributed by atoms with Crippen LogP contribution in [0, 0.1) is 0 Å². The number of aliphatic carboxylic acids is 4. The van der Waals surface area contributed by atoms with Gasteiger partial charge in [-0.25, -0.2) is 0 Å². The Morgan fingerprint density at radius 2 is 1.12 bits per heavy atom. The number of hydrogen-bond donors (Lipinski definition) is 9. The van der Waals surface area contributed by atoms with Gasteiger partial charge in [-0.2, -0.15) is 0 Å². The molecule has 0 aromatic heterocycles. The predicted molar refractivity (Wildman–Crippen MR) is 106 cm³/mol. The fourth-order valence-corrected chi connectivity index (χ4v) is 1.53. The Bertz CT molecular complexity index is 593. The van der Waals surface area contributed by atoms with Gasteiger partial charge in [-0.15, -0.1) is 0 Å². The summed E-state index contributed by atoms with van der Waals surface area (Å²) in [5, 5.41) is 52.4. The van der Waals surface area contributed by atoms with Crippen LogP contribution in [0.15, 0.2) is 4.99 Å². The summed E-state index contributed by atoms with van der Waals surface area (Å²) in [7, 11) is 0. The van der Waals surface area contributed by atoms with Gasteiger partial charge in [0.15, 0.2) is 5.96 Å². The zero-order valence-corrected chi connectivity index (χ0v) is 25.6. The molecular formula is C16H32K2N6O10. The first-order chi connectivity index (χ1) is 14.7. The Kier molecular flexibility index (Phi) is 36.2. The second-order valence-electron chi connectivity index (χ2n) is 6.15. The number of hydrogen-bond acceptors (Lipinski definition) is 12. The van der Waals surface area contributed by atoms with E-state index in [-0.39, 0.29) is 109 Å². The van der Waals surface area contributed by atoms with Crippen LogP contribution in [-0.4, -0.2) is 87.6 Å². The van der Waals surface area contributed by atoms with E-state index in [1.165, 1.54) is 0 Å².